The average molecular weight is 340 g/mol. The van der Waals surface area contributed by atoms with Crippen molar-refractivity contribution in [2.24, 2.45) is 44.6 Å². The summed E-state index contributed by atoms with van der Waals surface area (Å²) in [5.74, 6) is 1.07. The van der Waals surface area contributed by atoms with Crippen LogP contribution in [-0.2, 0) is 0 Å². The molecular weight excluding hydrogens is 290 g/mol. The monoisotopic (exact) mass is 339 g/mol. The molecule has 1 nitrogen and oxygen atoms in total. The highest BCUT2D eigenvalue weighted by atomic mass is 14.9. The zero-order valence-corrected chi connectivity index (χ0v) is 19.7. The van der Waals surface area contributed by atoms with E-state index >= 15 is 0 Å². The molecule has 0 saturated carbocycles. The summed E-state index contributed by atoms with van der Waals surface area (Å²) in [4.78, 5) is 0. The van der Waals surface area contributed by atoms with Crippen LogP contribution in [0.1, 0.15) is 104 Å². The molecule has 0 aliphatic rings. The Balaban J connectivity index is 7.25. The third-order valence-corrected chi connectivity index (χ3v) is 8.79. The molecule has 0 fully saturated rings. The number of nitrogens with two attached hydrogens (primary N) is 1. The second-order valence-corrected chi connectivity index (χ2v) is 12.1. The van der Waals surface area contributed by atoms with E-state index in [1.54, 1.807) is 0 Å². The van der Waals surface area contributed by atoms with Crippen LogP contribution >= 0.6 is 0 Å². The van der Waals surface area contributed by atoms with Crippen molar-refractivity contribution in [3.63, 3.8) is 0 Å². The highest BCUT2D eigenvalue weighted by molar-refractivity contribution is 5.18. The number of hydrogen-bond donors (Lipinski definition) is 1. The molecule has 146 valence electrons. The summed E-state index contributed by atoms with van der Waals surface area (Å²) in [6.07, 6.45) is 0. The smallest absolute Gasteiger partial charge is 0.0162 e. The fraction of sp³-hybridized carbons (Fsp3) is 1.00. The van der Waals surface area contributed by atoms with Crippen LogP contribution in [0.15, 0.2) is 0 Å². The Labute approximate surface area is 154 Å². The largest absolute Gasteiger partial charge is 0.325 e. The van der Waals surface area contributed by atoms with Crippen molar-refractivity contribution >= 4 is 0 Å². The van der Waals surface area contributed by atoms with Crippen LogP contribution in [0.2, 0.25) is 0 Å². The minimum Gasteiger partial charge on any atom is -0.325 e. The van der Waals surface area contributed by atoms with E-state index in [9.17, 15) is 0 Å². The minimum absolute atomic E-state index is 0.0637. The second-order valence-electron chi connectivity index (χ2n) is 12.1. The lowest BCUT2D eigenvalue weighted by Crippen LogP contribution is -2.72. The maximum Gasteiger partial charge on any atom is 0.0162 e. The van der Waals surface area contributed by atoms with E-state index in [1.807, 2.05) is 0 Å². The van der Waals surface area contributed by atoms with Crippen molar-refractivity contribution in [2.45, 2.75) is 109 Å². The van der Waals surface area contributed by atoms with Crippen molar-refractivity contribution < 1.29 is 0 Å². The fourth-order valence-corrected chi connectivity index (χ4v) is 6.26. The maximum absolute atomic E-state index is 7.06. The molecular formula is C23H49N. The van der Waals surface area contributed by atoms with Gasteiger partial charge in [-0.25, -0.2) is 0 Å². The molecule has 0 bridgehead atoms. The van der Waals surface area contributed by atoms with Gasteiger partial charge in [-0.3, -0.25) is 0 Å². The standard InChI is InChI=1S/C23H49N/c1-16(2)21(13,18(5,6)7)23(15,20(11,12)24)22(14,17(3)4)19(8,9)10/h16-17H,24H2,1-15H3/t21-,22?,23?/m0/s1. The molecule has 0 radical (unpaired) electrons. The van der Waals surface area contributed by atoms with Gasteiger partial charge in [0.2, 0.25) is 0 Å². The highest BCUT2D eigenvalue weighted by Gasteiger charge is 2.68. The topological polar surface area (TPSA) is 26.0 Å². The molecule has 24 heavy (non-hydrogen) atoms. The number of rotatable bonds is 5. The lowest BCUT2D eigenvalue weighted by atomic mass is 9.33. The van der Waals surface area contributed by atoms with Crippen molar-refractivity contribution in [3.05, 3.63) is 0 Å². The molecule has 0 aromatic rings. The predicted molar refractivity (Wildman–Crippen MR) is 111 cm³/mol. The second kappa shape index (κ2) is 6.29. The molecule has 2 unspecified atom stereocenters. The Bertz CT molecular complexity index is 392. The summed E-state index contributed by atoms with van der Waals surface area (Å²) >= 11 is 0. The van der Waals surface area contributed by atoms with Crippen molar-refractivity contribution in [1.29, 1.82) is 0 Å². The van der Waals surface area contributed by atoms with Gasteiger partial charge in [0.05, 0.1) is 0 Å². The summed E-state index contributed by atoms with van der Waals surface area (Å²) < 4.78 is 0. The van der Waals surface area contributed by atoms with Crippen molar-refractivity contribution in [1.82, 2.24) is 0 Å². The van der Waals surface area contributed by atoms with Gasteiger partial charge in [0, 0.05) is 5.54 Å². The van der Waals surface area contributed by atoms with Crippen LogP contribution in [0.5, 0.6) is 0 Å². The normalized spacial score (nSPS) is 22.2. The Morgan fingerprint density at radius 1 is 0.500 bits per heavy atom. The third kappa shape index (κ3) is 2.97. The van der Waals surface area contributed by atoms with Gasteiger partial charge in [-0.2, -0.15) is 0 Å². The van der Waals surface area contributed by atoms with Crippen LogP contribution in [0, 0.1) is 38.9 Å². The SMILES string of the molecule is CC(C)C(C)(C(C)(C)C)C(C)(C(C)(C)N)[C@@](C)(C(C)C)C(C)(C)C. The zero-order chi connectivity index (χ0) is 20.2. The van der Waals surface area contributed by atoms with Crippen LogP contribution in [0.25, 0.3) is 0 Å². The van der Waals surface area contributed by atoms with E-state index in [2.05, 4.69) is 104 Å². The predicted octanol–water partition coefficient (Wildman–Crippen LogP) is 7.15. The van der Waals surface area contributed by atoms with Gasteiger partial charge < -0.3 is 5.73 Å². The Hall–Kier alpha value is -0.0400. The van der Waals surface area contributed by atoms with Crippen LogP contribution in [-0.4, -0.2) is 5.54 Å². The molecule has 0 amide bonds. The maximum atomic E-state index is 7.06. The first-order valence-electron chi connectivity index (χ1n) is 9.93. The van der Waals surface area contributed by atoms with Crippen LogP contribution in [0.3, 0.4) is 0 Å². The Kier molecular flexibility index (Phi) is 6.28. The van der Waals surface area contributed by atoms with Crippen LogP contribution < -0.4 is 5.73 Å². The molecule has 2 N–H and O–H groups in total. The summed E-state index contributed by atoms with van der Waals surface area (Å²) in [5, 5.41) is 0. The van der Waals surface area contributed by atoms with E-state index in [0.29, 0.717) is 11.8 Å². The molecule has 0 rings (SSSR count). The molecule has 0 spiro atoms. The third-order valence-electron chi connectivity index (χ3n) is 8.79. The van der Waals surface area contributed by atoms with E-state index in [0.717, 1.165) is 0 Å². The van der Waals surface area contributed by atoms with Gasteiger partial charge in [0.25, 0.3) is 0 Å². The minimum atomic E-state index is -0.300. The lowest BCUT2D eigenvalue weighted by Gasteiger charge is -2.72. The average Bonchev–Trinajstić information content (AvgIpc) is 2.30. The van der Waals surface area contributed by atoms with Crippen molar-refractivity contribution in [3.8, 4) is 0 Å². The summed E-state index contributed by atoms with van der Waals surface area (Å²) in [6, 6.07) is 0. The van der Waals surface area contributed by atoms with E-state index in [1.165, 1.54) is 0 Å². The van der Waals surface area contributed by atoms with Gasteiger partial charge >= 0.3 is 0 Å². The van der Waals surface area contributed by atoms with Gasteiger partial charge in [0.15, 0.2) is 0 Å². The summed E-state index contributed by atoms with van der Waals surface area (Å²) in [7, 11) is 0. The fourth-order valence-electron chi connectivity index (χ4n) is 6.26. The first-order chi connectivity index (χ1) is 10.1. The Morgan fingerprint density at radius 2 is 0.708 bits per heavy atom. The van der Waals surface area contributed by atoms with Gasteiger partial charge in [0.1, 0.15) is 0 Å². The Morgan fingerprint density at radius 3 is 0.792 bits per heavy atom. The lowest BCUT2D eigenvalue weighted by molar-refractivity contribution is -0.229. The number of hydrogen-bond acceptors (Lipinski definition) is 1. The summed E-state index contributed by atoms with van der Waals surface area (Å²) in [6.45, 7) is 36.0. The molecule has 0 saturated heterocycles. The molecule has 0 heterocycles. The quantitative estimate of drug-likeness (QED) is 0.565. The molecule has 0 aliphatic carbocycles. The summed E-state index contributed by atoms with van der Waals surface area (Å²) in [5.41, 5.74) is 7.13. The van der Waals surface area contributed by atoms with Crippen LogP contribution in [0.4, 0.5) is 0 Å². The molecule has 0 aliphatic heterocycles. The molecule has 3 atom stereocenters. The first-order valence-corrected chi connectivity index (χ1v) is 9.93. The van der Waals surface area contributed by atoms with Gasteiger partial charge in [-0.1, -0.05) is 90.0 Å². The van der Waals surface area contributed by atoms with E-state index in [4.69, 9.17) is 5.73 Å². The van der Waals surface area contributed by atoms with E-state index in [-0.39, 0.29) is 32.6 Å². The van der Waals surface area contributed by atoms with Crippen molar-refractivity contribution in [2.75, 3.05) is 0 Å². The highest BCUT2D eigenvalue weighted by Crippen LogP contribution is 2.71. The molecule has 0 aromatic heterocycles. The first kappa shape index (κ1) is 24.0. The van der Waals surface area contributed by atoms with Gasteiger partial charge in [-0.05, 0) is 52.8 Å². The molecule has 1 heteroatoms. The molecule has 0 aromatic carbocycles. The van der Waals surface area contributed by atoms with E-state index < -0.39 is 0 Å². The zero-order valence-electron chi connectivity index (χ0n) is 19.7. The van der Waals surface area contributed by atoms with Gasteiger partial charge in [-0.15, -0.1) is 0 Å².